The highest BCUT2D eigenvalue weighted by Crippen LogP contribution is 2.19. The van der Waals surface area contributed by atoms with Gasteiger partial charge in [0.2, 0.25) is 0 Å². The van der Waals surface area contributed by atoms with E-state index in [-0.39, 0.29) is 17.6 Å². The van der Waals surface area contributed by atoms with Crippen molar-refractivity contribution in [2.75, 3.05) is 31.5 Å². The van der Waals surface area contributed by atoms with Gasteiger partial charge in [-0.3, -0.25) is 14.7 Å². The topological polar surface area (TPSA) is 81.3 Å². The Morgan fingerprint density at radius 3 is 2.68 bits per heavy atom. The molecule has 2 amide bonds. The van der Waals surface area contributed by atoms with Crippen LogP contribution < -0.4 is 10.9 Å². The first-order chi connectivity index (χ1) is 12.0. The molecule has 0 aromatic carbocycles. The highest BCUT2D eigenvalue weighted by molar-refractivity contribution is 5.89. The number of nitrogens with one attached hydrogen (secondary N) is 2. The van der Waals surface area contributed by atoms with Crippen LogP contribution in [0.15, 0.2) is 41.5 Å². The first kappa shape index (κ1) is 17.2. The molecule has 1 aliphatic heterocycles. The van der Waals surface area contributed by atoms with Crippen molar-refractivity contribution in [1.29, 1.82) is 0 Å². The van der Waals surface area contributed by atoms with Crippen molar-refractivity contribution in [1.82, 2.24) is 19.8 Å². The van der Waals surface area contributed by atoms with Crippen LogP contribution >= 0.6 is 0 Å². The van der Waals surface area contributed by atoms with Gasteiger partial charge in [-0.05, 0) is 32.0 Å². The van der Waals surface area contributed by atoms with E-state index >= 15 is 0 Å². The number of H-pyrrole nitrogens is 1. The molecule has 0 saturated carbocycles. The highest BCUT2D eigenvalue weighted by Gasteiger charge is 2.25. The van der Waals surface area contributed by atoms with Crippen LogP contribution in [-0.2, 0) is 0 Å². The van der Waals surface area contributed by atoms with Crippen LogP contribution in [-0.4, -0.2) is 52.0 Å². The summed E-state index contributed by atoms with van der Waals surface area (Å²) >= 11 is 0. The largest absolute Gasteiger partial charge is 0.327 e. The normalized spacial score (nSPS) is 16.5. The molecule has 1 saturated heterocycles. The zero-order valence-corrected chi connectivity index (χ0v) is 14.5. The number of piperazine rings is 1. The number of carbonyl (C=O) groups excluding carboxylic acids is 1. The van der Waals surface area contributed by atoms with E-state index in [2.05, 4.69) is 27.1 Å². The molecular weight excluding hydrogens is 318 g/mol. The zero-order chi connectivity index (χ0) is 17.8. The number of aryl methyl sites for hydroxylation is 1. The standard InChI is InChI=1S/C18H23N5O2/c1-13-11-15(12-20-17(13)24)21-18(25)23-9-7-22(8-10-23)14(2)16-5-3-4-6-19-16/h3-6,11-12,14H,7-10H2,1-2H3,(H,20,24)(H,21,25). The smallest absolute Gasteiger partial charge is 0.321 e. The summed E-state index contributed by atoms with van der Waals surface area (Å²) in [6, 6.07) is 7.70. The monoisotopic (exact) mass is 341 g/mol. The van der Waals surface area contributed by atoms with Crippen molar-refractivity contribution in [2.45, 2.75) is 19.9 Å². The number of amides is 2. The third-order valence-corrected chi connectivity index (χ3v) is 4.61. The molecule has 1 atom stereocenters. The van der Waals surface area contributed by atoms with E-state index in [4.69, 9.17) is 0 Å². The fraction of sp³-hybridized carbons (Fsp3) is 0.389. The first-order valence-corrected chi connectivity index (χ1v) is 8.45. The number of anilines is 1. The molecule has 132 valence electrons. The third kappa shape index (κ3) is 4.06. The van der Waals surface area contributed by atoms with Crippen LogP contribution in [0.5, 0.6) is 0 Å². The summed E-state index contributed by atoms with van der Waals surface area (Å²) in [5.41, 5.74) is 2.08. The Bertz CT molecular complexity index is 782. The van der Waals surface area contributed by atoms with Gasteiger partial charge in [0.05, 0.1) is 11.4 Å². The van der Waals surface area contributed by atoms with Crippen LogP contribution in [0.1, 0.15) is 24.2 Å². The van der Waals surface area contributed by atoms with Crippen LogP contribution in [0.3, 0.4) is 0 Å². The maximum atomic E-state index is 12.4. The summed E-state index contributed by atoms with van der Waals surface area (Å²) < 4.78 is 0. The summed E-state index contributed by atoms with van der Waals surface area (Å²) in [6.07, 6.45) is 3.33. The molecule has 25 heavy (non-hydrogen) atoms. The molecular formula is C18H23N5O2. The second kappa shape index (κ2) is 7.48. The van der Waals surface area contributed by atoms with E-state index < -0.39 is 0 Å². The van der Waals surface area contributed by atoms with E-state index in [0.29, 0.717) is 24.3 Å². The number of hydrogen-bond acceptors (Lipinski definition) is 4. The summed E-state index contributed by atoms with van der Waals surface area (Å²) in [6.45, 7) is 6.77. The van der Waals surface area contributed by atoms with E-state index in [1.54, 1.807) is 17.9 Å². The van der Waals surface area contributed by atoms with E-state index in [1.165, 1.54) is 6.20 Å². The minimum atomic E-state index is -0.143. The highest BCUT2D eigenvalue weighted by atomic mass is 16.2. The van der Waals surface area contributed by atoms with Crippen LogP contribution in [0.2, 0.25) is 0 Å². The lowest BCUT2D eigenvalue weighted by molar-refractivity contribution is 0.118. The van der Waals surface area contributed by atoms with Gasteiger partial charge in [-0.1, -0.05) is 6.07 Å². The number of urea groups is 1. The predicted octanol–water partition coefficient (Wildman–Crippen LogP) is 1.99. The lowest BCUT2D eigenvalue weighted by atomic mass is 10.1. The fourth-order valence-corrected chi connectivity index (χ4v) is 2.99. The lowest BCUT2D eigenvalue weighted by Gasteiger charge is -2.37. The third-order valence-electron chi connectivity index (χ3n) is 4.61. The quantitative estimate of drug-likeness (QED) is 0.894. The molecule has 2 aromatic heterocycles. The Hall–Kier alpha value is -2.67. The summed E-state index contributed by atoms with van der Waals surface area (Å²) in [5.74, 6) is 0. The van der Waals surface area contributed by atoms with E-state index in [0.717, 1.165) is 18.8 Å². The Balaban J connectivity index is 1.55. The van der Waals surface area contributed by atoms with Gasteiger partial charge < -0.3 is 15.2 Å². The first-order valence-electron chi connectivity index (χ1n) is 8.45. The summed E-state index contributed by atoms with van der Waals surface area (Å²) in [7, 11) is 0. The molecule has 1 aliphatic rings. The van der Waals surface area contributed by atoms with Crippen molar-refractivity contribution in [3.8, 4) is 0 Å². The number of aromatic nitrogens is 2. The maximum Gasteiger partial charge on any atom is 0.321 e. The van der Waals surface area contributed by atoms with Gasteiger partial charge in [0.25, 0.3) is 5.56 Å². The Morgan fingerprint density at radius 1 is 1.28 bits per heavy atom. The number of carbonyl (C=O) groups is 1. The number of rotatable bonds is 3. The average Bonchev–Trinajstić information content (AvgIpc) is 2.65. The number of nitrogens with zero attached hydrogens (tertiary/aromatic N) is 3. The van der Waals surface area contributed by atoms with Crippen molar-refractivity contribution < 1.29 is 4.79 Å². The molecule has 2 aromatic rings. The van der Waals surface area contributed by atoms with Crippen LogP contribution in [0.25, 0.3) is 0 Å². The molecule has 1 fully saturated rings. The van der Waals surface area contributed by atoms with Gasteiger partial charge in [-0.2, -0.15) is 0 Å². The fourth-order valence-electron chi connectivity index (χ4n) is 2.99. The maximum absolute atomic E-state index is 12.4. The number of pyridine rings is 2. The van der Waals surface area contributed by atoms with Gasteiger partial charge in [0.1, 0.15) is 0 Å². The van der Waals surface area contributed by atoms with E-state index in [9.17, 15) is 9.59 Å². The van der Waals surface area contributed by atoms with Gasteiger partial charge in [0, 0.05) is 50.2 Å². The second-order valence-corrected chi connectivity index (χ2v) is 6.28. The summed E-state index contributed by atoms with van der Waals surface area (Å²) in [4.78, 5) is 34.9. The van der Waals surface area contributed by atoms with Gasteiger partial charge in [-0.25, -0.2) is 4.79 Å². The Kier molecular flexibility index (Phi) is 5.14. The van der Waals surface area contributed by atoms with Crippen molar-refractivity contribution in [3.05, 3.63) is 58.3 Å². The Labute approximate surface area is 146 Å². The van der Waals surface area contributed by atoms with Crippen LogP contribution in [0, 0.1) is 6.92 Å². The van der Waals surface area contributed by atoms with E-state index in [1.807, 2.05) is 24.4 Å². The van der Waals surface area contributed by atoms with Crippen LogP contribution in [0.4, 0.5) is 10.5 Å². The second-order valence-electron chi connectivity index (χ2n) is 6.28. The predicted molar refractivity (Wildman–Crippen MR) is 96.6 cm³/mol. The molecule has 0 radical (unpaired) electrons. The molecule has 1 unspecified atom stereocenters. The molecule has 3 heterocycles. The Morgan fingerprint density at radius 2 is 2.04 bits per heavy atom. The molecule has 0 bridgehead atoms. The van der Waals surface area contributed by atoms with Gasteiger partial charge >= 0.3 is 6.03 Å². The van der Waals surface area contributed by atoms with Crippen molar-refractivity contribution >= 4 is 11.7 Å². The molecule has 2 N–H and O–H groups in total. The number of aromatic amines is 1. The SMILES string of the molecule is Cc1cc(NC(=O)N2CCN(C(C)c3ccccn3)CC2)c[nH]c1=O. The minimum absolute atomic E-state index is 0.142. The molecule has 7 heteroatoms. The average molecular weight is 341 g/mol. The van der Waals surface area contributed by atoms with Gasteiger partial charge in [0.15, 0.2) is 0 Å². The number of hydrogen-bond donors (Lipinski definition) is 2. The molecule has 0 aliphatic carbocycles. The molecule has 3 rings (SSSR count). The van der Waals surface area contributed by atoms with Crippen molar-refractivity contribution in [3.63, 3.8) is 0 Å². The van der Waals surface area contributed by atoms with Gasteiger partial charge in [-0.15, -0.1) is 0 Å². The lowest BCUT2D eigenvalue weighted by Crippen LogP contribution is -2.50. The zero-order valence-electron chi connectivity index (χ0n) is 14.5. The summed E-state index contributed by atoms with van der Waals surface area (Å²) in [5, 5.41) is 2.84. The minimum Gasteiger partial charge on any atom is -0.327 e. The molecule has 0 spiro atoms. The van der Waals surface area contributed by atoms with Crippen molar-refractivity contribution in [2.24, 2.45) is 0 Å². The molecule has 7 nitrogen and oxygen atoms in total.